The van der Waals surface area contributed by atoms with Gasteiger partial charge in [-0.05, 0) is 122 Å². The van der Waals surface area contributed by atoms with Crippen LogP contribution in [0.1, 0.15) is 96.1 Å². The third-order valence-electron chi connectivity index (χ3n) is 15.4. The van der Waals surface area contributed by atoms with Crippen molar-refractivity contribution >= 4 is 53.2 Å². The zero-order valence-corrected chi connectivity index (χ0v) is 50.5. The van der Waals surface area contributed by atoms with E-state index in [-0.39, 0.29) is 57.3 Å². The molecule has 0 saturated carbocycles. The van der Waals surface area contributed by atoms with Crippen molar-refractivity contribution in [1.29, 1.82) is 0 Å². The molecule has 1 N–H and O–H groups in total. The minimum Gasteiger partial charge on any atom is -0.493 e. The molecule has 22 heteroatoms. The molecule has 84 heavy (non-hydrogen) atoms. The van der Waals surface area contributed by atoms with Gasteiger partial charge in [0.1, 0.15) is 48.7 Å². The first-order valence-electron chi connectivity index (χ1n) is 28.3. The van der Waals surface area contributed by atoms with Gasteiger partial charge in [0.2, 0.25) is 29.4 Å². The summed E-state index contributed by atoms with van der Waals surface area (Å²) in [6.07, 6.45) is 3.39. The number of ether oxygens (including phenoxy) is 6. The van der Waals surface area contributed by atoms with Gasteiger partial charge in [0, 0.05) is 59.9 Å². The molecule has 3 aromatic carbocycles. The Hall–Kier alpha value is -7.85. The van der Waals surface area contributed by atoms with Crippen LogP contribution >= 0.6 is 0 Å². The van der Waals surface area contributed by atoms with Crippen LogP contribution in [0.25, 0.3) is 0 Å². The molecular weight excluding hydrogens is 1080 g/mol. The summed E-state index contributed by atoms with van der Waals surface area (Å²) in [6, 6.07) is 14.7. The average Bonchev–Trinajstić information content (AvgIpc) is 3.81. The van der Waals surface area contributed by atoms with Gasteiger partial charge in [-0.15, -0.1) is 0 Å². The minimum atomic E-state index is -1.51. The molecule has 3 aliphatic rings. The fourth-order valence-corrected chi connectivity index (χ4v) is 9.96. The molecule has 0 aromatic heterocycles. The van der Waals surface area contributed by atoms with Gasteiger partial charge in [-0.25, -0.2) is 9.59 Å². The van der Waals surface area contributed by atoms with Crippen LogP contribution in [0.5, 0.6) is 17.2 Å². The Morgan fingerprint density at radius 2 is 1.43 bits per heavy atom. The summed E-state index contributed by atoms with van der Waals surface area (Å²) < 4.78 is 35.0. The van der Waals surface area contributed by atoms with Gasteiger partial charge in [-0.1, -0.05) is 54.6 Å². The smallest absolute Gasteiger partial charge is 0.330 e. The number of aryl methyl sites for hydroxylation is 1. The van der Waals surface area contributed by atoms with E-state index in [4.69, 9.17) is 28.4 Å². The fourth-order valence-electron chi connectivity index (χ4n) is 9.96. The molecule has 3 aromatic rings. The number of esters is 2. The van der Waals surface area contributed by atoms with Crippen LogP contribution < -0.4 is 19.5 Å². The molecule has 6 rings (SSSR count). The molecule has 0 spiro atoms. The Morgan fingerprint density at radius 1 is 0.726 bits per heavy atom. The van der Waals surface area contributed by atoms with Gasteiger partial charge >= 0.3 is 11.9 Å². The van der Waals surface area contributed by atoms with E-state index in [1.807, 2.05) is 37.8 Å². The number of nitrogens with one attached hydrogen (secondary N) is 1. The molecular formula is C62H83N7O15. The number of carbonyl (C=O) groups is 9. The third-order valence-corrected chi connectivity index (χ3v) is 15.4. The Morgan fingerprint density at radius 3 is 2.12 bits per heavy atom. The lowest BCUT2D eigenvalue weighted by molar-refractivity contribution is -0.166. The molecule has 0 aliphatic carbocycles. The Labute approximate surface area is 492 Å². The normalized spacial score (nSPS) is 23.9. The van der Waals surface area contributed by atoms with Crippen molar-refractivity contribution in [2.24, 2.45) is 5.41 Å². The van der Waals surface area contributed by atoms with E-state index < -0.39 is 108 Å². The van der Waals surface area contributed by atoms with Crippen LogP contribution in [0, 0.1) is 5.41 Å². The van der Waals surface area contributed by atoms with Gasteiger partial charge < -0.3 is 63.1 Å². The van der Waals surface area contributed by atoms with E-state index in [2.05, 4.69) is 5.32 Å². The number of carbonyl (C=O) groups excluding carboxylic acids is 9. The number of cyclic esters (lactones) is 2. The minimum absolute atomic E-state index is 0.0177. The van der Waals surface area contributed by atoms with Crippen molar-refractivity contribution in [3.63, 3.8) is 0 Å². The SMILES string of the molecule is COc1ccc(CC[C@H]2OC(=O)[C@@H]3CN(C)CCN3C(=O)C(=O)C(C)(C)COC(=O)C=CCCN(C)C(=O)[C@@H]3CCCN3C(=O)[C@H](COC(C)(C)C)N(C)C(=O)C(c3ccccc3)NC(=O)[C@H](C)N(C)C(=O)COc3cccc2c3)cc1OC. The van der Waals surface area contributed by atoms with Gasteiger partial charge in [0.15, 0.2) is 18.1 Å². The maximum absolute atomic E-state index is 14.9. The highest BCUT2D eigenvalue weighted by atomic mass is 16.5. The number of ketones is 1. The quantitative estimate of drug-likeness (QED) is 0.244. The number of Topliss-reactive ketones (excluding diaryl/α,β-unsaturated/α-hetero) is 1. The number of fused-ring (bicyclic) bond motifs is 4. The van der Waals surface area contributed by atoms with Crippen molar-refractivity contribution in [3.05, 3.63) is 102 Å². The monoisotopic (exact) mass is 1170 g/mol. The van der Waals surface area contributed by atoms with E-state index in [0.29, 0.717) is 48.4 Å². The lowest BCUT2D eigenvalue weighted by Gasteiger charge is -2.39. The van der Waals surface area contributed by atoms with E-state index in [1.54, 1.807) is 74.8 Å². The highest BCUT2D eigenvalue weighted by Gasteiger charge is 2.45. The molecule has 6 atom stereocenters. The van der Waals surface area contributed by atoms with Gasteiger partial charge in [-0.3, -0.25) is 33.6 Å². The summed E-state index contributed by atoms with van der Waals surface area (Å²) in [7, 11) is 9.29. The molecule has 2 bridgehead atoms. The lowest BCUT2D eigenvalue weighted by Crippen LogP contribution is -2.60. The van der Waals surface area contributed by atoms with Gasteiger partial charge in [-0.2, -0.15) is 0 Å². The predicted octanol–water partition coefficient (Wildman–Crippen LogP) is 4.34. The molecule has 2 fully saturated rings. The first-order valence-corrected chi connectivity index (χ1v) is 28.3. The molecule has 22 nitrogen and oxygen atoms in total. The number of methoxy groups -OCH3 is 2. The Bertz CT molecular complexity index is 2890. The van der Waals surface area contributed by atoms with E-state index in [1.165, 1.54) is 85.7 Å². The average molecular weight is 1170 g/mol. The van der Waals surface area contributed by atoms with E-state index >= 15 is 0 Å². The van der Waals surface area contributed by atoms with Crippen molar-refractivity contribution in [2.45, 2.75) is 116 Å². The van der Waals surface area contributed by atoms with Crippen LogP contribution in [-0.2, 0) is 63.8 Å². The zero-order valence-electron chi connectivity index (χ0n) is 50.5. The zero-order chi connectivity index (χ0) is 61.6. The number of hydrogen-bond acceptors (Lipinski definition) is 16. The summed E-state index contributed by atoms with van der Waals surface area (Å²) in [5.41, 5.74) is -0.543. The molecule has 3 heterocycles. The highest BCUT2D eigenvalue weighted by molar-refractivity contribution is 6.38. The number of likely N-dealkylation sites (N-methyl/N-ethyl adjacent to an activating group) is 4. The fraction of sp³-hybridized carbons (Fsp3) is 0.532. The van der Waals surface area contributed by atoms with Crippen LogP contribution in [0.15, 0.2) is 84.9 Å². The van der Waals surface area contributed by atoms with Crippen LogP contribution in [0.4, 0.5) is 0 Å². The maximum atomic E-state index is 14.9. The first kappa shape index (κ1) is 65.3. The summed E-state index contributed by atoms with van der Waals surface area (Å²) in [5, 5.41) is 2.83. The van der Waals surface area contributed by atoms with Crippen molar-refractivity contribution < 1.29 is 71.6 Å². The number of nitrogens with zero attached hydrogens (tertiary/aromatic N) is 6. The largest absolute Gasteiger partial charge is 0.493 e. The Balaban J connectivity index is 1.33. The summed E-state index contributed by atoms with van der Waals surface area (Å²) in [4.78, 5) is 136. The standard InChI is InChI=1S/C62H83N7O15/c1-40-55(73)63-53(42-20-14-13-15-21-42)58(76)67(10)47(37-83-61(2,3)4)57(75)68-31-19-24-45(68)56(74)65(8)30-17-16-25-52(71)82-39-62(5,6)54(72)59(77)69-33-32-64(7)36-46(69)60(78)84-48(28-26-41-27-29-49(79-11)50(34-41)80-12)43-22-18-23-44(35-43)81-38-51(70)66(40)9/h13-16,18,20-23,25,27,29,34-35,40,45-48,53H,17,19,24,26,28,30-33,36-39H2,1-12H3,(H,63,73)/t40-,45-,46-,47-,48+,53?/m0/s1. The summed E-state index contributed by atoms with van der Waals surface area (Å²) >= 11 is 0. The van der Waals surface area contributed by atoms with Gasteiger partial charge in [0.05, 0.1) is 31.8 Å². The van der Waals surface area contributed by atoms with Crippen LogP contribution in [0.2, 0.25) is 0 Å². The molecule has 6 amide bonds. The lowest BCUT2D eigenvalue weighted by atomic mass is 9.87. The second-order valence-corrected chi connectivity index (χ2v) is 23.2. The Kier molecular flexibility index (Phi) is 22.6. The first-order chi connectivity index (χ1) is 39.7. The topological polar surface area (TPSA) is 240 Å². The second kappa shape index (κ2) is 29.1. The van der Waals surface area contributed by atoms with Gasteiger partial charge in [0.25, 0.3) is 11.8 Å². The number of amides is 6. The van der Waals surface area contributed by atoms with Crippen molar-refractivity contribution in [1.82, 2.24) is 34.7 Å². The molecule has 456 valence electrons. The summed E-state index contributed by atoms with van der Waals surface area (Å²) in [5.74, 6) is -4.98. The van der Waals surface area contributed by atoms with Crippen molar-refractivity contribution in [3.8, 4) is 17.2 Å². The van der Waals surface area contributed by atoms with Crippen LogP contribution in [-0.4, -0.2) is 207 Å². The number of piperazine rings is 1. The number of hydrogen-bond donors (Lipinski definition) is 1. The van der Waals surface area contributed by atoms with E-state index in [0.717, 1.165) is 5.56 Å². The summed E-state index contributed by atoms with van der Waals surface area (Å²) in [6.45, 7) is 9.42. The second-order valence-electron chi connectivity index (χ2n) is 23.2. The predicted molar refractivity (Wildman–Crippen MR) is 309 cm³/mol. The molecule has 2 saturated heterocycles. The molecule has 0 radical (unpaired) electrons. The molecule has 3 aliphatic heterocycles. The maximum Gasteiger partial charge on any atom is 0.330 e. The number of rotatable bonds is 8. The number of benzene rings is 3. The third kappa shape index (κ3) is 16.9. The van der Waals surface area contributed by atoms with Crippen LogP contribution in [0.3, 0.4) is 0 Å². The highest BCUT2D eigenvalue weighted by Crippen LogP contribution is 2.33. The van der Waals surface area contributed by atoms with Crippen molar-refractivity contribution in [2.75, 3.05) is 95.0 Å². The molecule has 1 unspecified atom stereocenters. The van der Waals surface area contributed by atoms with E-state index in [9.17, 15) is 43.2 Å².